The highest BCUT2D eigenvalue weighted by Gasteiger charge is 2.28. The SMILES string of the molecule is CC(C)(C)OC(=O)NCCC(=O)NCC(C)(C)N1CCOCC1. The minimum atomic E-state index is -0.533. The summed E-state index contributed by atoms with van der Waals surface area (Å²) in [6.07, 6.45) is -0.266. The molecule has 0 unspecified atom stereocenters. The summed E-state index contributed by atoms with van der Waals surface area (Å²) in [5, 5.41) is 5.51. The lowest BCUT2D eigenvalue weighted by atomic mass is 10.0. The first-order valence-electron chi connectivity index (χ1n) is 8.16. The summed E-state index contributed by atoms with van der Waals surface area (Å²) in [5.41, 5.74) is -0.646. The molecular weight excluding hydrogens is 298 g/mol. The average Bonchev–Trinajstić information content (AvgIpc) is 2.44. The molecule has 0 spiro atoms. The fraction of sp³-hybridized carbons (Fsp3) is 0.875. The topological polar surface area (TPSA) is 79.9 Å². The van der Waals surface area contributed by atoms with Gasteiger partial charge in [0.05, 0.1) is 13.2 Å². The first kappa shape index (κ1) is 19.7. The maximum absolute atomic E-state index is 11.9. The Labute approximate surface area is 139 Å². The van der Waals surface area contributed by atoms with Gasteiger partial charge in [0, 0.05) is 38.1 Å². The minimum absolute atomic E-state index is 0.0811. The fourth-order valence-electron chi connectivity index (χ4n) is 2.28. The third kappa shape index (κ3) is 8.18. The largest absolute Gasteiger partial charge is 0.444 e. The molecule has 0 atom stereocenters. The van der Waals surface area contributed by atoms with Gasteiger partial charge in [-0.25, -0.2) is 4.79 Å². The normalized spacial score (nSPS) is 16.7. The molecule has 1 saturated heterocycles. The van der Waals surface area contributed by atoms with Gasteiger partial charge in [-0.3, -0.25) is 9.69 Å². The zero-order valence-corrected chi connectivity index (χ0v) is 15.0. The second-order valence-corrected chi connectivity index (χ2v) is 7.37. The molecule has 0 saturated carbocycles. The summed E-state index contributed by atoms with van der Waals surface area (Å²) in [6, 6.07) is 0. The molecule has 1 fully saturated rings. The molecule has 2 amide bonds. The number of nitrogens with zero attached hydrogens (tertiary/aromatic N) is 1. The van der Waals surface area contributed by atoms with E-state index in [0.717, 1.165) is 26.3 Å². The van der Waals surface area contributed by atoms with E-state index in [0.29, 0.717) is 6.54 Å². The molecule has 134 valence electrons. The van der Waals surface area contributed by atoms with Crippen LogP contribution in [-0.2, 0) is 14.3 Å². The number of nitrogens with one attached hydrogen (secondary N) is 2. The quantitative estimate of drug-likeness (QED) is 0.763. The molecule has 2 N–H and O–H groups in total. The van der Waals surface area contributed by atoms with E-state index in [9.17, 15) is 9.59 Å². The van der Waals surface area contributed by atoms with Crippen LogP contribution in [0.1, 0.15) is 41.0 Å². The van der Waals surface area contributed by atoms with Crippen LogP contribution < -0.4 is 10.6 Å². The monoisotopic (exact) mass is 329 g/mol. The molecule has 1 rings (SSSR count). The van der Waals surface area contributed by atoms with Gasteiger partial charge >= 0.3 is 6.09 Å². The van der Waals surface area contributed by atoms with Gasteiger partial charge in [-0.2, -0.15) is 0 Å². The van der Waals surface area contributed by atoms with Crippen molar-refractivity contribution >= 4 is 12.0 Å². The third-order valence-electron chi connectivity index (χ3n) is 3.61. The first-order chi connectivity index (χ1) is 10.6. The third-order valence-corrected chi connectivity index (χ3v) is 3.61. The maximum atomic E-state index is 11.9. The summed E-state index contributed by atoms with van der Waals surface area (Å²) >= 11 is 0. The lowest BCUT2D eigenvalue weighted by molar-refractivity contribution is -0.121. The molecule has 0 aliphatic carbocycles. The van der Waals surface area contributed by atoms with Crippen LogP contribution in [0.5, 0.6) is 0 Å². The van der Waals surface area contributed by atoms with Gasteiger partial charge in [0.1, 0.15) is 5.60 Å². The van der Waals surface area contributed by atoms with E-state index in [1.54, 1.807) is 20.8 Å². The van der Waals surface area contributed by atoms with Crippen molar-refractivity contribution in [1.82, 2.24) is 15.5 Å². The van der Waals surface area contributed by atoms with Gasteiger partial charge in [0.25, 0.3) is 0 Å². The summed E-state index contributed by atoms with van der Waals surface area (Å²) in [4.78, 5) is 25.7. The Morgan fingerprint density at radius 3 is 2.26 bits per heavy atom. The van der Waals surface area contributed by atoms with Crippen molar-refractivity contribution in [2.75, 3.05) is 39.4 Å². The number of carbonyl (C=O) groups is 2. The zero-order valence-electron chi connectivity index (χ0n) is 15.0. The van der Waals surface area contributed by atoms with Gasteiger partial charge in [-0.05, 0) is 34.6 Å². The Balaban J connectivity index is 2.22. The zero-order chi connectivity index (χ0) is 17.5. The Kier molecular flexibility index (Phi) is 7.28. The van der Waals surface area contributed by atoms with Gasteiger partial charge in [0.15, 0.2) is 0 Å². The van der Waals surface area contributed by atoms with Crippen LogP contribution in [0.15, 0.2) is 0 Å². The molecule has 0 bridgehead atoms. The van der Waals surface area contributed by atoms with Crippen LogP contribution in [0.4, 0.5) is 4.79 Å². The van der Waals surface area contributed by atoms with Crippen molar-refractivity contribution in [2.45, 2.75) is 52.2 Å². The van der Waals surface area contributed by atoms with Gasteiger partial charge in [-0.1, -0.05) is 0 Å². The van der Waals surface area contributed by atoms with E-state index in [-0.39, 0.29) is 24.4 Å². The van der Waals surface area contributed by atoms with Gasteiger partial charge in [0.2, 0.25) is 5.91 Å². The molecule has 23 heavy (non-hydrogen) atoms. The Bertz CT molecular complexity index is 399. The molecule has 7 heteroatoms. The van der Waals surface area contributed by atoms with Crippen molar-refractivity contribution in [1.29, 1.82) is 0 Å². The number of hydrogen-bond acceptors (Lipinski definition) is 5. The highest BCUT2D eigenvalue weighted by molar-refractivity contribution is 5.77. The van der Waals surface area contributed by atoms with Crippen LogP contribution in [0, 0.1) is 0 Å². The van der Waals surface area contributed by atoms with E-state index in [2.05, 4.69) is 29.4 Å². The molecule has 1 heterocycles. The van der Waals surface area contributed by atoms with Gasteiger partial charge < -0.3 is 20.1 Å². The number of hydrogen-bond donors (Lipinski definition) is 2. The molecule has 7 nitrogen and oxygen atoms in total. The van der Waals surface area contributed by atoms with Crippen LogP contribution >= 0.6 is 0 Å². The van der Waals surface area contributed by atoms with E-state index in [1.165, 1.54) is 0 Å². The number of carbonyl (C=O) groups excluding carboxylic acids is 2. The Hall–Kier alpha value is -1.34. The Morgan fingerprint density at radius 2 is 1.70 bits per heavy atom. The van der Waals surface area contributed by atoms with Crippen molar-refractivity contribution in [3.63, 3.8) is 0 Å². The molecule has 1 aliphatic heterocycles. The Morgan fingerprint density at radius 1 is 1.09 bits per heavy atom. The van der Waals surface area contributed by atoms with E-state index >= 15 is 0 Å². The fourth-order valence-corrected chi connectivity index (χ4v) is 2.28. The molecule has 1 aliphatic rings. The van der Waals surface area contributed by atoms with Crippen LogP contribution in [-0.4, -0.2) is 67.4 Å². The standard InChI is InChI=1S/C16H31N3O4/c1-15(2,3)23-14(21)17-7-6-13(20)18-12-16(4,5)19-8-10-22-11-9-19/h6-12H2,1-5H3,(H,17,21)(H,18,20). The van der Waals surface area contributed by atoms with Crippen LogP contribution in [0.2, 0.25) is 0 Å². The highest BCUT2D eigenvalue weighted by Crippen LogP contribution is 2.15. The second-order valence-electron chi connectivity index (χ2n) is 7.37. The number of morpholine rings is 1. The summed E-state index contributed by atoms with van der Waals surface area (Å²) < 4.78 is 10.5. The lowest BCUT2D eigenvalue weighted by Gasteiger charge is -2.40. The number of alkyl carbamates (subject to hydrolysis) is 1. The predicted molar refractivity (Wildman–Crippen MR) is 88.3 cm³/mol. The second kappa shape index (κ2) is 8.49. The molecule has 0 aromatic carbocycles. The van der Waals surface area contributed by atoms with Crippen LogP contribution in [0.3, 0.4) is 0 Å². The molecular formula is C16H31N3O4. The summed E-state index contributed by atoms with van der Waals surface area (Å²) in [6.45, 7) is 13.7. The lowest BCUT2D eigenvalue weighted by Crippen LogP contribution is -2.55. The van der Waals surface area contributed by atoms with Crippen molar-refractivity contribution < 1.29 is 19.1 Å². The molecule has 0 aromatic rings. The summed E-state index contributed by atoms with van der Waals surface area (Å²) in [5.74, 6) is -0.0811. The molecule has 0 aromatic heterocycles. The number of ether oxygens (including phenoxy) is 2. The van der Waals surface area contributed by atoms with Crippen LogP contribution in [0.25, 0.3) is 0 Å². The van der Waals surface area contributed by atoms with Crippen molar-refractivity contribution in [2.24, 2.45) is 0 Å². The molecule has 0 radical (unpaired) electrons. The van der Waals surface area contributed by atoms with E-state index < -0.39 is 11.7 Å². The number of rotatable bonds is 6. The smallest absolute Gasteiger partial charge is 0.407 e. The number of amides is 2. The van der Waals surface area contributed by atoms with E-state index in [4.69, 9.17) is 9.47 Å². The van der Waals surface area contributed by atoms with Crippen molar-refractivity contribution in [3.8, 4) is 0 Å². The van der Waals surface area contributed by atoms with Gasteiger partial charge in [-0.15, -0.1) is 0 Å². The first-order valence-corrected chi connectivity index (χ1v) is 8.16. The predicted octanol–water partition coefficient (Wildman–Crippen LogP) is 1.13. The minimum Gasteiger partial charge on any atom is -0.444 e. The highest BCUT2D eigenvalue weighted by atomic mass is 16.6. The maximum Gasteiger partial charge on any atom is 0.407 e. The average molecular weight is 329 g/mol. The summed E-state index contributed by atoms with van der Waals surface area (Å²) in [7, 11) is 0. The van der Waals surface area contributed by atoms with E-state index in [1.807, 2.05) is 0 Å². The van der Waals surface area contributed by atoms with Crippen molar-refractivity contribution in [3.05, 3.63) is 0 Å².